The van der Waals surface area contributed by atoms with E-state index in [1.54, 1.807) is 0 Å². The molecule has 1 aromatic carbocycles. The minimum Gasteiger partial charge on any atom is -0.258 e. The van der Waals surface area contributed by atoms with E-state index in [0.717, 1.165) is 11.0 Å². The second-order valence-electron chi connectivity index (χ2n) is 4.10. The molecule has 0 bridgehead atoms. The molecule has 1 aromatic heterocycles. The van der Waals surface area contributed by atoms with Gasteiger partial charge in [-0.3, -0.25) is 5.10 Å². The molecule has 0 aliphatic carbocycles. The number of aromatic amines is 1. The van der Waals surface area contributed by atoms with E-state index in [1.807, 2.05) is 6.07 Å². The van der Waals surface area contributed by atoms with Gasteiger partial charge in [0.25, 0.3) is 0 Å². The molecule has 0 spiro atoms. The van der Waals surface area contributed by atoms with Crippen molar-refractivity contribution in [2.24, 2.45) is 0 Å². The molecule has 1 atom stereocenters. The van der Waals surface area contributed by atoms with Crippen molar-refractivity contribution in [3.05, 3.63) is 23.8 Å². The molecular formula is C12H17N3. The Morgan fingerprint density at radius 3 is 3.07 bits per heavy atom. The van der Waals surface area contributed by atoms with Crippen molar-refractivity contribution in [2.75, 3.05) is 0 Å². The Kier molecular flexibility index (Phi) is 2.99. The van der Waals surface area contributed by atoms with Crippen LogP contribution in [0.3, 0.4) is 0 Å². The van der Waals surface area contributed by atoms with E-state index >= 15 is 0 Å². The topological polar surface area (TPSA) is 41.6 Å². The third-order valence-corrected chi connectivity index (χ3v) is 2.91. The summed E-state index contributed by atoms with van der Waals surface area (Å²) in [5, 5.41) is 10.9. The van der Waals surface area contributed by atoms with E-state index < -0.39 is 0 Å². The molecule has 0 aliphatic heterocycles. The molecule has 1 heterocycles. The fourth-order valence-corrected chi connectivity index (χ4v) is 1.96. The van der Waals surface area contributed by atoms with E-state index in [-0.39, 0.29) is 0 Å². The standard InChI is InChI=1S/C12H17N3/c1-3-4-6-9(2)10-7-5-8-11-12(10)14-15-13-11/h5,7-9H,3-4,6H2,1-2H3,(H,13,14,15). The van der Waals surface area contributed by atoms with Crippen LogP contribution < -0.4 is 0 Å². The van der Waals surface area contributed by atoms with Gasteiger partial charge in [-0.05, 0) is 24.0 Å². The van der Waals surface area contributed by atoms with E-state index in [2.05, 4.69) is 41.4 Å². The second kappa shape index (κ2) is 4.43. The molecule has 0 amide bonds. The van der Waals surface area contributed by atoms with Gasteiger partial charge >= 0.3 is 0 Å². The Balaban J connectivity index is 2.29. The molecular weight excluding hydrogens is 186 g/mol. The number of unbranched alkanes of at least 4 members (excludes halogenated alkanes) is 1. The SMILES string of the molecule is CCCCC(C)c1cccc2[nH]nnc12. The van der Waals surface area contributed by atoms with Crippen molar-refractivity contribution in [1.29, 1.82) is 0 Å². The van der Waals surface area contributed by atoms with E-state index in [0.29, 0.717) is 5.92 Å². The minimum absolute atomic E-state index is 0.568. The van der Waals surface area contributed by atoms with Gasteiger partial charge in [-0.25, -0.2) is 0 Å². The van der Waals surface area contributed by atoms with Crippen LogP contribution in [0, 0.1) is 0 Å². The highest BCUT2D eigenvalue weighted by Crippen LogP contribution is 2.26. The summed E-state index contributed by atoms with van der Waals surface area (Å²) in [7, 11) is 0. The van der Waals surface area contributed by atoms with Crippen LogP contribution in [0.5, 0.6) is 0 Å². The zero-order valence-corrected chi connectivity index (χ0v) is 9.33. The highest BCUT2D eigenvalue weighted by molar-refractivity contribution is 5.77. The summed E-state index contributed by atoms with van der Waals surface area (Å²) >= 11 is 0. The number of nitrogens with zero attached hydrogens (tertiary/aromatic N) is 2. The smallest absolute Gasteiger partial charge is 0.116 e. The first-order valence-electron chi connectivity index (χ1n) is 5.62. The number of nitrogens with one attached hydrogen (secondary N) is 1. The molecule has 2 rings (SSSR count). The van der Waals surface area contributed by atoms with Crippen molar-refractivity contribution in [3.8, 4) is 0 Å². The van der Waals surface area contributed by atoms with E-state index in [4.69, 9.17) is 0 Å². The Morgan fingerprint density at radius 2 is 2.27 bits per heavy atom. The lowest BCUT2D eigenvalue weighted by Crippen LogP contribution is -1.94. The van der Waals surface area contributed by atoms with Gasteiger partial charge in [0, 0.05) is 0 Å². The number of H-pyrrole nitrogens is 1. The van der Waals surface area contributed by atoms with Crippen molar-refractivity contribution in [2.45, 2.75) is 39.0 Å². The number of benzene rings is 1. The number of fused-ring (bicyclic) bond motifs is 1. The molecule has 0 radical (unpaired) electrons. The maximum atomic E-state index is 4.14. The fraction of sp³-hybridized carbons (Fsp3) is 0.500. The lowest BCUT2D eigenvalue weighted by Gasteiger charge is -2.10. The molecule has 0 aliphatic rings. The Morgan fingerprint density at radius 1 is 1.40 bits per heavy atom. The van der Waals surface area contributed by atoms with Gasteiger partial charge in [0.2, 0.25) is 0 Å². The van der Waals surface area contributed by atoms with Crippen LogP contribution in [0.2, 0.25) is 0 Å². The van der Waals surface area contributed by atoms with Crippen LogP contribution in [0.25, 0.3) is 11.0 Å². The van der Waals surface area contributed by atoms with Crippen LogP contribution in [0.1, 0.15) is 44.6 Å². The number of aromatic nitrogens is 3. The minimum atomic E-state index is 0.568. The third kappa shape index (κ3) is 2.01. The van der Waals surface area contributed by atoms with E-state index in [9.17, 15) is 0 Å². The van der Waals surface area contributed by atoms with Crippen molar-refractivity contribution in [1.82, 2.24) is 15.4 Å². The molecule has 15 heavy (non-hydrogen) atoms. The Labute approximate surface area is 89.9 Å². The maximum Gasteiger partial charge on any atom is 0.116 e. The molecule has 3 heteroatoms. The summed E-state index contributed by atoms with van der Waals surface area (Å²) in [6, 6.07) is 6.25. The van der Waals surface area contributed by atoms with Crippen LogP contribution in [-0.4, -0.2) is 15.4 Å². The quantitative estimate of drug-likeness (QED) is 0.828. The molecule has 1 unspecified atom stereocenters. The molecule has 0 saturated carbocycles. The zero-order valence-electron chi connectivity index (χ0n) is 9.33. The van der Waals surface area contributed by atoms with E-state index in [1.165, 1.54) is 24.8 Å². The van der Waals surface area contributed by atoms with Crippen molar-refractivity contribution < 1.29 is 0 Å². The number of hydrogen-bond donors (Lipinski definition) is 1. The number of hydrogen-bond acceptors (Lipinski definition) is 2. The summed E-state index contributed by atoms with van der Waals surface area (Å²) in [6.45, 7) is 4.49. The molecule has 0 fully saturated rings. The van der Waals surface area contributed by atoms with Crippen LogP contribution in [0.15, 0.2) is 18.2 Å². The monoisotopic (exact) mass is 203 g/mol. The highest BCUT2D eigenvalue weighted by Gasteiger charge is 2.10. The van der Waals surface area contributed by atoms with Crippen LogP contribution >= 0.6 is 0 Å². The Bertz CT molecular complexity index is 433. The van der Waals surface area contributed by atoms with Crippen LogP contribution in [0.4, 0.5) is 0 Å². The van der Waals surface area contributed by atoms with Gasteiger partial charge < -0.3 is 0 Å². The van der Waals surface area contributed by atoms with Gasteiger partial charge in [0.15, 0.2) is 0 Å². The average Bonchev–Trinajstić information content (AvgIpc) is 2.73. The predicted octanol–water partition coefficient (Wildman–Crippen LogP) is 3.25. The fourth-order valence-electron chi connectivity index (χ4n) is 1.96. The first-order chi connectivity index (χ1) is 7.33. The average molecular weight is 203 g/mol. The van der Waals surface area contributed by atoms with Gasteiger partial charge in [-0.2, -0.15) is 0 Å². The van der Waals surface area contributed by atoms with Crippen molar-refractivity contribution >= 4 is 11.0 Å². The highest BCUT2D eigenvalue weighted by atomic mass is 15.3. The summed E-state index contributed by atoms with van der Waals surface area (Å²) in [5.74, 6) is 0.568. The first-order valence-corrected chi connectivity index (χ1v) is 5.62. The first kappa shape index (κ1) is 10.1. The summed E-state index contributed by atoms with van der Waals surface area (Å²) in [5.41, 5.74) is 3.38. The molecule has 80 valence electrons. The largest absolute Gasteiger partial charge is 0.258 e. The normalized spacial score (nSPS) is 13.2. The van der Waals surface area contributed by atoms with Crippen molar-refractivity contribution in [3.63, 3.8) is 0 Å². The molecule has 3 nitrogen and oxygen atoms in total. The molecule has 1 N–H and O–H groups in total. The summed E-state index contributed by atoms with van der Waals surface area (Å²) in [4.78, 5) is 0. The second-order valence-corrected chi connectivity index (χ2v) is 4.10. The predicted molar refractivity (Wildman–Crippen MR) is 61.8 cm³/mol. The maximum absolute atomic E-state index is 4.14. The molecule has 2 aromatic rings. The number of rotatable bonds is 4. The molecule has 0 saturated heterocycles. The van der Waals surface area contributed by atoms with Gasteiger partial charge in [0.05, 0.1) is 5.52 Å². The van der Waals surface area contributed by atoms with Gasteiger partial charge in [-0.1, -0.05) is 44.0 Å². The summed E-state index contributed by atoms with van der Waals surface area (Å²) in [6.07, 6.45) is 3.75. The van der Waals surface area contributed by atoms with Gasteiger partial charge in [0.1, 0.15) is 5.52 Å². The lowest BCUT2D eigenvalue weighted by atomic mass is 9.94. The van der Waals surface area contributed by atoms with Gasteiger partial charge in [-0.15, -0.1) is 5.10 Å². The zero-order chi connectivity index (χ0) is 10.7. The Hall–Kier alpha value is -1.38. The van der Waals surface area contributed by atoms with Crippen LogP contribution in [-0.2, 0) is 0 Å². The summed E-state index contributed by atoms with van der Waals surface area (Å²) < 4.78 is 0. The lowest BCUT2D eigenvalue weighted by molar-refractivity contribution is 0.626. The third-order valence-electron chi connectivity index (χ3n) is 2.91.